The van der Waals surface area contributed by atoms with Gasteiger partial charge in [0, 0.05) is 22.1 Å². The van der Waals surface area contributed by atoms with Crippen molar-refractivity contribution in [3.63, 3.8) is 0 Å². The SMILES string of the molecule is O=C(N[C@H](Cc1csc2ccc(Cl)cc12)C(=O)O)OCC1c2ccccc2-c2ccccc21. The molecule has 1 atom stereocenters. The Hall–Kier alpha value is -3.35. The minimum absolute atomic E-state index is 0.0885. The number of carbonyl (C=O) groups excluding carboxylic acids is 1. The standard InChI is InChI=1S/C26H20ClNO4S/c27-16-9-10-24-21(12-16)15(14-33-24)11-23(25(29)30)28-26(31)32-13-22-19-7-3-1-5-17(19)18-6-2-4-8-20(18)22/h1-10,12,14,22-23H,11,13H2,(H,28,31)(H,29,30)/t23-/m1/s1. The third-order valence-corrected chi connectivity index (χ3v) is 7.22. The Balaban J connectivity index is 1.29. The minimum Gasteiger partial charge on any atom is -0.480 e. The molecule has 0 unspecified atom stereocenters. The van der Waals surface area contributed by atoms with E-state index in [2.05, 4.69) is 17.4 Å². The van der Waals surface area contributed by atoms with Gasteiger partial charge in [-0.15, -0.1) is 11.3 Å². The first-order valence-corrected chi connectivity index (χ1v) is 11.8. The summed E-state index contributed by atoms with van der Waals surface area (Å²) in [4.78, 5) is 24.4. The van der Waals surface area contributed by atoms with E-state index >= 15 is 0 Å². The average Bonchev–Trinajstić information content (AvgIpc) is 3.35. The van der Waals surface area contributed by atoms with Gasteiger partial charge in [0.1, 0.15) is 12.6 Å². The highest BCUT2D eigenvalue weighted by Crippen LogP contribution is 2.44. The number of carboxylic acid groups (broad SMARTS) is 1. The molecule has 0 bridgehead atoms. The second-order valence-corrected chi connectivity index (χ2v) is 9.31. The van der Waals surface area contributed by atoms with Gasteiger partial charge in [0.15, 0.2) is 0 Å². The van der Waals surface area contributed by atoms with E-state index in [0.717, 1.165) is 37.9 Å². The molecule has 4 aromatic rings. The molecule has 0 aliphatic heterocycles. The van der Waals surface area contributed by atoms with E-state index in [-0.39, 0.29) is 18.9 Å². The molecule has 0 fully saturated rings. The third-order valence-electron chi connectivity index (χ3n) is 5.97. The van der Waals surface area contributed by atoms with Crippen LogP contribution in [0.2, 0.25) is 5.02 Å². The van der Waals surface area contributed by atoms with Crippen molar-refractivity contribution in [3.05, 3.63) is 93.8 Å². The van der Waals surface area contributed by atoms with E-state index in [1.807, 2.05) is 53.9 Å². The molecule has 1 aliphatic carbocycles. The van der Waals surface area contributed by atoms with Crippen LogP contribution in [0.25, 0.3) is 21.2 Å². The summed E-state index contributed by atoms with van der Waals surface area (Å²) in [5.74, 6) is -1.21. The second-order valence-electron chi connectivity index (χ2n) is 7.97. The zero-order valence-corrected chi connectivity index (χ0v) is 19.0. The third kappa shape index (κ3) is 4.19. The normalized spacial score (nSPS) is 13.4. The summed E-state index contributed by atoms with van der Waals surface area (Å²) in [5.41, 5.74) is 5.29. The number of hydrogen-bond donors (Lipinski definition) is 2. The van der Waals surface area contributed by atoms with Crippen molar-refractivity contribution in [1.82, 2.24) is 5.32 Å². The highest BCUT2D eigenvalue weighted by molar-refractivity contribution is 7.17. The number of amides is 1. The summed E-state index contributed by atoms with van der Waals surface area (Å²) >= 11 is 7.62. The van der Waals surface area contributed by atoms with Crippen molar-refractivity contribution >= 4 is 45.1 Å². The molecule has 1 amide bonds. The fourth-order valence-corrected chi connectivity index (χ4v) is 5.54. The van der Waals surface area contributed by atoms with E-state index < -0.39 is 18.1 Å². The number of carboxylic acids is 1. The van der Waals surface area contributed by atoms with Crippen LogP contribution in [0.5, 0.6) is 0 Å². The van der Waals surface area contributed by atoms with Gasteiger partial charge >= 0.3 is 12.1 Å². The van der Waals surface area contributed by atoms with Gasteiger partial charge in [-0.25, -0.2) is 9.59 Å². The molecule has 7 heteroatoms. The van der Waals surface area contributed by atoms with Gasteiger partial charge in [0.05, 0.1) is 0 Å². The maximum absolute atomic E-state index is 12.6. The van der Waals surface area contributed by atoms with Crippen LogP contribution in [0.4, 0.5) is 4.79 Å². The number of aliphatic carboxylic acids is 1. The van der Waals surface area contributed by atoms with Crippen LogP contribution in [0.3, 0.4) is 0 Å². The maximum atomic E-state index is 12.6. The van der Waals surface area contributed by atoms with Crippen molar-refractivity contribution in [2.45, 2.75) is 18.4 Å². The molecule has 0 radical (unpaired) electrons. The zero-order valence-electron chi connectivity index (χ0n) is 17.5. The molecule has 0 saturated carbocycles. The monoisotopic (exact) mass is 477 g/mol. The van der Waals surface area contributed by atoms with Crippen molar-refractivity contribution in [2.24, 2.45) is 0 Å². The lowest BCUT2D eigenvalue weighted by Crippen LogP contribution is -2.42. The first-order chi connectivity index (χ1) is 16.0. The molecule has 1 aliphatic rings. The van der Waals surface area contributed by atoms with E-state index in [9.17, 15) is 14.7 Å². The Bertz CT molecular complexity index is 1320. The zero-order chi connectivity index (χ0) is 22.9. The fourth-order valence-electron chi connectivity index (χ4n) is 4.41. The fraction of sp³-hybridized carbons (Fsp3) is 0.154. The number of nitrogens with one attached hydrogen (secondary N) is 1. The lowest BCUT2D eigenvalue weighted by molar-refractivity contribution is -0.139. The molecule has 3 aromatic carbocycles. The van der Waals surface area contributed by atoms with Crippen LogP contribution in [0.15, 0.2) is 72.1 Å². The lowest BCUT2D eigenvalue weighted by Gasteiger charge is -2.17. The highest BCUT2D eigenvalue weighted by atomic mass is 35.5. The molecular formula is C26H20ClNO4S. The second kappa shape index (κ2) is 8.89. The summed E-state index contributed by atoms with van der Waals surface area (Å²) in [6, 6.07) is 20.5. The Morgan fingerprint density at radius 3 is 2.36 bits per heavy atom. The number of hydrogen-bond acceptors (Lipinski definition) is 4. The van der Waals surface area contributed by atoms with E-state index in [1.165, 1.54) is 11.3 Å². The van der Waals surface area contributed by atoms with Crippen LogP contribution in [-0.2, 0) is 16.0 Å². The van der Waals surface area contributed by atoms with Gasteiger partial charge in [0.25, 0.3) is 0 Å². The minimum atomic E-state index is -1.12. The molecule has 0 saturated heterocycles. The predicted octanol–water partition coefficient (Wildman–Crippen LogP) is 6.09. The summed E-state index contributed by atoms with van der Waals surface area (Å²) in [7, 11) is 0. The molecule has 5 rings (SSSR count). The number of benzene rings is 3. The van der Waals surface area contributed by atoms with E-state index in [4.69, 9.17) is 16.3 Å². The smallest absolute Gasteiger partial charge is 0.407 e. The van der Waals surface area contributed by atoms with Crippen LogP contribution in [0.1, 0.15) is 22.6 Å². The summed E-state index contributed by atoms with van der Waals surface area (Å²) < 4.78 is 6.53. The largest absolute Gasteiger partial charge is 0.480 e. The van der Waals surface area contributed by atoms with Crippen LogP contribution in [-0.4, -0.2) is 29.8 Å². The van der Waals surface area contributed by atoms with Gasteiger partial charge < -0.3 is 15.2 Å². The predicted molar refractivity (Wildman–Crippen MR) is 130 cm³/mol. The Labute approximate surface area is 199 Å². The first kappa shape index (κ1) is 21.5. The van der Waals surface area contributed by atoms with Gasteiger partial charge in [-0.1, -0.05) is 60.1 Å². The molecule has 166 valence electrons. The van der Waals surface area contributed by atoms with Gasteiger partial charge in [0.2, 0.25) is 0 Å². The summed E-state index contributed by atoms with van der Waals surface area (Å²) in [5, 5.41) is 15.6. The molecule has 2 N–H and O–H groups in total. The van der Waals surface area contributed by atoms with Crippen LogP contribution < -0.4 is 5.32 Å². The molecule has 1 heterocycles. The number of thiophene rings is 1. The van der Waals surface area contributed by atoms with Crippen molar-refractivity contribution in [1.29, 1.82) is 0 Å². The van der Waals surface area contributed by atoms with Gasteiger partial charge in [-0.3, -0.25) is 0 Å². The number of carbonyl (C=O) groups is 2. The molecule has 5 nitrogen and oxygen atoms in total. The molecule has 0 spiro atoms. The Kier molecular flexibility index (Phi) is 5.79. The van der Waals surface area contributed by atoms with Crippen LogP contribution >= 0.6 is 22.9 Å². The van der Waals surface area contributed by atoms with Crippen molar-refractivity contribution in [2.75, 3.05) is 6.61 Å². The van der Waals surface area contributed by atoms with Crippen molar-refractivity contribution in [3.8, 4) is 11.1 Å². The van der Waals surface area contributed by atoms with Crippen molar-refractivity contribution < 1.29 is 19.4 Å². The van der Waals surface area contributed by atoms with E-state index in [1.54, 1.807) is 6.07 Å². The number of ether oxygens (including phenoxy) is 1. The van der Waals surface area contributed by atoms with E-state index in [0.29, 0.717) is 5.02 Å². The maximum Gasteiger partial charge on any atom is 0.407 e. The highest BCUT2D eigenvalue weighted by Gasteiger charge is 2.30. The average molecular weight is 478 g/mol. The quantitative estimate of drug-likeness (QED) is 0.352. The number of halogens is 1. The summed E-state index contributed by atoms with van der Waals surface area (Å²) in [6.07, 6.45) is -0.610. The molecular weight excluding hydrogens is 458 g/mol. The lowest BCUT2D eigenvalue weighted by atomic mass is 9.98. The summed E-state index contributed by atoms with van der Waals surface area (Å²) in [6.45, 7) is 0.128. The topological polar surface area (TPSA) is 75.6 Å². The van der Waals surface area contributed by atoms with Crippen LogP contribution in [0, 0.1) is 0 Å². The van der Waals surface area contributed by atoms with Gasteiger partial charge in [-0.05, 0) is 56.8 Å². The molecule has 33 heavy (non-hydrogen) atoms. The number of rotatable bonds is 6. The Morgan fingerprint density at radius 1 is 1.03 bits per heavy atom. The number of alkyl carbamates (subject to hydrolysis) is 1. The van der Waals surface area contributed by atoms with Gasteiger partial charge in [-0.2, -0.15) is 0 Å². The Morgan fingerprint density at radius 2 is 1.70 bits per heavy atom. The molecule has 1 aromatic heterocycles. The first-order valence-electron chi connectivity index (χ1n) is 10.5. The number of fused-ring (bicyclic) bond motifs is 4.